The van der Waals surface area contributed by atoms with Gasteiger partial charge in [-0.3, -0.25) is 9.69 Å². The van der Waals surface area contributed by atoms with Crippen molar-refractivity contribution in [1.82, 2.24) is 10.2 Å². The maximum Gasteiger partial charge on any atom is 0.234 e. The summed E-state index contributed by atoms with van der Waals surface area (Å²) in [5.74, 6) is 1.37. The van der Waals surface area contributed by atoms with Crippen LogP contribution in [0.5, 0.6) is 0 Å². The number of nitrogens with zero attached hydrogens (tertiary/aromatic N) is 1. The first kappa shape index (κ1) is 13.5. The first-order valence-electron chi connectivity index (χ1n) is 6.31. The molecule has 0 saturated carbocycles. The molecule has 1 saturated heterocycles. The highest BCUT2D eigenvalue weighted by atomic mass is 16.2. The fourth-order valence-electron chi connectivity index (χ4n) is 2.10. The van der Waals surface area contributed by atoms with Crippen molar-refractivity contribution >= 4 is 5.91 Å². The van der Waals surface area contributed by atoms with Crippen LogP contribution in [-0.4, -0.2) is 43.5 Å². The van der Waals surface area contributed by atoms with Crippen LogP contribution in [0, 0.1) is 11.8 Å². The van der Waals surface area contributed by atoms with Crippen molar-refractivity contribution in [2.24, 2.45) is 17.6 Å². The third-order valence-corrected chi connectivity index (χ3v) is 3.02. The number of likely N-dealkylation sites (tertiary alicyclic amines) is 1. The lowest BCUT2D eigenvalue weighted by molar-refractivity contribution is -0.122. The van der Waals surface area contributed by atoms with Crippen LogP contribution in [-0.2, 0) is 4.79 Å². The number of carbonyl (C=O) groups is 1. The van der Waals surface area contributed by atoms with E-state index in [-0.39, 0.29) is 5.91 Å². The summed E-state index contributed by atoms with van der Waals surface area (Å²) < 4.78 is 0. The van der Waals surface area contributed by atoms with Gasteiger partial charge in [-0.05, 0) is 37.8 Å². The van der Waals surface area contributed by atoms with E-state index < -0.39 is 0 Å². The van der Waals surface area contributed by atoms with Gasteiger partial charge in [-0.1, -0.05) is 13.8 Å². The molecular formula is C12H25N3O. The lowest BCUT2D eigenvalue weighted by Gasteiger charge is -2.16. The molecule has 1 atom stereocenters. The van der Waals surface area contributed by atoms with Gasteiger partial charge in [-0.25, -0.2) is 0 Å². The van der Waals surface area contributed by atoms with E-state index in [1.54, 1.807) is 0 Å². The van der Waals surface area contributed by atoms with Crippen molar-refractivity contribution in [3.05, 3.63) is 0 Å². The quantitative estimate of drug-likeness (QED) is 0.692. The van der Waals surface area contributed by atoms with E-state index in [1.807, 2.05) is 0 Å². The van der Waals surface area contributed by atoms with E-state index in [0.29, 0.717) is 18.4 Å². The summed E-state index contributed by atoms with van der Waals surface area (Å²) in [6, 6.07) is 0. The Morgan fingerprint density at radius 2 is 2.31 bits per heavy atom. The molecule has 1 amide bonds. The SMILES string of the molecule is CC(C)CNC(=O)CN1CCC(CCN)C1. The third kappa shape index (κ3) is 4.94. The second kappa shape index (κ2) is 6.86. The van der Waals surface area contributed by atoms with Crippen molar-refractivity contribution in [2.45, 2.75) is 26.7 Å². The van der Waals surface area contributed by atoms with Crippen LogP contribution in [0.3, 0.4) is 0 Å². The highest BCUT2D eigenvalue weighted by molar-refractivity contribution is 5.78. The van der Waals surface area contributed by atoms with Crippen LogP contribution in [0.25, 0.3) is 0 Å². The monoisotopic (exact) mass is 227 g/mol. The number of nitrogens with two attached hydrogens (primary N) is 1. The topological polar surface area (TPSA) is 58.4 Å². The number of carbonyl (C=O) groups excluding carboxylic acids is 1. The second-order valence-electron chi connectivity index (χ2n) is 5.17. The lowest BCUT2D eigenvalue weighted by Crippen LogP contribution is -2.37. The molecule has 0 bridgehead atoms. The first-order valence-corrected chi connectivity index (χ1v) is 6.31. The summed E-state index contributed by atoms with van der Waals surface area (Å²) in [7, 11) is 0. The Hall–Kier alpha value is -0.610. The van der Waals surface area contributed by atoms with E-state index in [9.17, 15) is 4.79 Å². The molecule has 1 rings (SSSR count). The van der Waals surface area contributed by atoms with E-state index in [1.165, 1.54) is 6.42 Å². The molecule has 1 fully saturated rings. The summed E-state index contributed by atoms with van der Waals surface area (Å²) in [6.45, 7) is 8.37. The standard InChI is InChI=1S/C12H25N3O/c1-10(2)7-14-12(16)9-15-6-4-11(8-15)3-5-13/h10-11H,3-9,13H2,1-2H3,(H,14,16). The van der Waals surface area contributed by atoms with Crippen molar-refractivity contribution in [3.63, 3.8) is 0 Å². The fraction of sp³-hybridized carbons (Fsp3) is 0.917. The van der Waals surface area contributed by atoms with Gasteiger partial charge < -0.3 is 11.1 Å². The molecule has 1 heterocycles. The minimum atomic E-state index is 0.155. The predicted molar refractivity (Wildman–Crippen MR) is 66.1 cm³/mol. The van der Waals surface area contributed by atoms with Crippen LogP contribution in [0.2, 0.25) is 0 Å². The number of amides is 1. The second-order valence-corrected chi connectivity index (χ2v) is 5.17. The molecule has 4 nitrogen and oxygen atoms in total. The molecule has 0 spiro atoms. The molecule has 0 aromatic heterocycles. The van der Waals surface area contributed by atoms with Crippen LogP contribution in [0.1, 0.15) is 26.7 Å². The largest absolute Gasteiger partial charge is 0.355 e. The minimum absolute atomic E-state index is 0.155. The van der Waals surface area contributed by atoms with Gasteiger partial charge in [0.25, 0.3) is 0 Å². The summed E-state index contributed by atoms with van der Waals surface area (Å²) in [5.41, 5.74) is 5.54. The van der Waals surface area contributed by atoms with E-state index in [4.69, 9.17) is 5.73 Å². The van der Waals surface area contributed by atoms with Crippen molar-refractivity contribution in [1.29, 1.82) is 0 Å². The maximum atomic E-state index is 11.6. The fourth-order valence-corrected chi connectivity index (χ4v) is 2.10. The summed E-state index contributed by atoms with van der Waals surface area (Å²) in [5, 5.41) is 2.95. The van der Waals surface area contributed by atoms with Crippen LogP contribution < -0.4 is 11.1 Å². The van der Waals surface area contributed by atoms with Gasteiger partial charge in [0.15, 0.2) is 0 Å². The van der Waals surface area contributed by atoms with Crippen molar-refractivity contribution < 1.29 is 4.79 Å². The summed E-state index contributed by atoms with van der Waals surface area (Å²) >= 11 is 0. The third-order valence-electron chi connectivity index (χ3n) is 3.02. The number of hydrogen-bond acceptors (Lipinski definition) is 3. The molecule has 1 aliphatic heterocycles. The minimum Gasteiger partial charge on any atom is -0.355 e. The Balaban J connectivity index is 2.15. The van der Waals surface area contributed by atoms with Gasteiger partial charge in [-0.2, -0.15) is 0 Å². The number of nitrogens with one attached hydrogen (secondary N) is 1. The smallest absolute Gasteiger partial charge is 0.234 e. The molecule has 16 heavy (non-hydrogen) atoms. The molecule has 0 aliphatic carbocycles. The van der Waals surface area contributed by atoms with Gasteiger partial charge in [0.05, 0.1) is 6.54 Å². The summed E-state index contributed by atoms with van der Waals surface area (Å²) in [4.78, 5) is 13.8. The van der Waals surface area contributed by atoms with Crippen LogP contribution in [0.15, 0.2) is 0 Å². The Bertz CT molecular complexity index is 218. The van der Waals surface area contributed by atoms with Gasteiger partial charge >= 0.3 is 0 Å². The molecule has 0 aromatic rings. The van der Waals surface area contributed by atoms with Gasteiger partial charge in [-0.15, -0.1) is 0 Å². The molecule has 0 aromatic carbocycles. The van der Waals surface area contributed by atoms with Gasteiger partial charge in [0.1, 0.15) is 0 Å². The Kier molecular flexibility index (Phi) is 5.77. The highest BCUT2D eigenvalue weighted by Gasteiger charge is 2.23. The highest BCUT2D eigenvalue weighted by Crippen LogP contribution is 2.18. The molecule has 3 N–H and O–H groups in total. The molecule has 94 valence electrons. The maximum absolute atomic E-state index is 11.6. The van der Waals surface area contributed by atoms with Crippen LogP contribution in [0.4, 0.5) is 0 Å². The molecule has 0 radical (unpaired) electrons. The van der Waals surface area contributed by atoms with E-state index in [2.05, 4.69) is 24.1 Å². The first-order chi connectivity index (χ1) is 7.61. The molecule has 1 unspecified atom stereocenters. The number of hydrogen-bond donors (Lipinski definition) is 2. The lowest BCUT2D eigenvalue weighted by atomic mass is 10.1. The average molecular weight is 227 g/mol. The van der Waals surface area contributed by atoms with Gasteiger partial charge in [0, 0.05) is 13.1 Å². The van der Waals surface area contributed by atoms with Crippen LogP contribution >= 0.6 is 0 Å². The Morgan fingerprint density at radius 3 is 2.94 bits per heavy atom. The Labute approximate surface area is 98.6 Å². The molecule has 4 heteroatoms. The zero-order chi connectivity index (χ0) is 12.0. The predicted octanol–water partition coefficient (Wildman–Crippen LogP) is 0.429. The van der Waals surface area contributed by atoms with Gasteiger partial charge in [0.2, 0.25) is 5.91 Å². The molecule has 1 aliphatic rings. The normalized spacial score (nSPS) is 21.6. The van der Waals surface area contributed by atoms with E-state index >= 15 is 0 Å². The zero-order valence-electron chi connectivity index (χ0n) is 10.5. The van der Waals surface area contributed by atoms with Crippen molar-refractivity contribution in [2.75, 3.05) is 32.7 Å². The number of rotatable bonds is 6. The van der Waals surface area contributed by atoms with Crippen molar-refractivity contribution in [3.8, 4) is 0 Å². The Morgan fingerprint density at radius 1 is 1.56 bits per heavy atom. The zero-order valence-corrected chi connectivity index (χ0v) is 10.5. The summed E-state index contributed by atoms with van der Waals surface area (Å²) in [6.07, 6.45) is 2.28. The average Bonchev–Trinajstić information content (AvgIpc) is 2.63. The van der Waals surface area contributed by atoms with E-state index in [0.717, 1.165) is 32.6 Å². The molecular weight excluding hydrogens is 202 g/mol.